The second kappa shape index (κ2) is 4.62. The maximum absolute atomic E-state index is 5.75. The molecule has 4 nitrogen and oxygen atoms in total. The van der Waals surface area contributed by atoms with E-state index in [1.54, 1.807) is 6.20 Å². The predicted octanol–water partition coefficient (Wildman–Crippen LogP) is 0.787. The SMILES string of the molecule is CNCC=Cc1cnc(N)c(N)c1C. The number of hydrogen-bond donors (Lipinski definition) is 3. The summed E-state index contributed by atoms with van der Waals surface area (Å²) < 4.78 is 0. The van der Waals surface area contributed by atoms with Crippen LogP contribution in [0.3, 0.4) is 0 Å². The molecule has 0 aliphatic rings. The van der Waals surface area contributed by atoms with Gasteiger partial charge in [0.1, 0.15) is 5.82 Å². The minimum Gasteiger partial charge on any atom is -0.396 e. The van der Waals surface area contributed by atoms with Crippen molar-refractivity contribution in [3.63, 3.8) is 0 Å². The minimum atomic E-state index is 0.397. The molecule has 1 heterocycles. The van der Waals surface area contributed by atoms with Gasteiger partial charge in [0.05, 0.1) is 5.69 Å². The third-order valence-electron chi connectivity index (χ3n) is 2.08. The number of pyridine rings is 1. The molecule has 0 atom stereocenters. The van der Waals surface area contributed by atoms with Crippen molar-refractivity contribution < 1.29 is 0 Å². The van der Waals surface area contributed by atoms with Crippen molar-refractivity contribution in [2.75, 3.05) is 25.1 Å². The van der Waals surface area contributed by atoms with Gasteiger partial charge >= 0.3 is 0 Å². The summed E-state index contributed by atoms with van der Waals surface area (Å²) in [5.41, 5.74) is 13.9. The van der Waals surface area contributed by atoms with E-state index in [0.29, 0.717) is 11.5 Å². The zero-order valence-corrected chi connectivity index (χ0v) is 8.54. The number of nitrogens with one attached hydrogen (secondary N) is 1. The van der Waals surface area contributed by atoms with E-state index in [9.17, 15) is 0 Å². The first-order valence-corrected chi connectivity index (χ1v) is 4.48. The Balaban J connectivity index is 2.94. The predicted molar refractivity (Wildman–Crippen MR) is 60.8 cm³/mol. The van der Waals surface area contributed by atoms with Gasteiger partial charge in [-0.25, -0.2) is 4.98 Å². The summed E-state index contributed by atoms with van der Waals surface area (Å²) in [6, 6.07) is 0. The number of hydrogen-bond acceptors (Lipinski definition) is 4. The Morgan fingerprint density at radius 2 is 2.21 bits per heavy atom. The molecular weight excluding hydrogens is 176 g/mol. The number of rotatable bonds is 3. The summed E-state index contributed by atoms with van der Waals surface area (Å²) in [6.07, 6.45) is 5.72. The van der Waals surface area contributed by atoms with E-state index in [1.807, 2.05) is 26.1 Å². The molecule has 0 aliphatic heterocycles. The fraction of sp³-hybridized carbons (Fsp3) is 0.300. The van der Waals surface area contributed by atoms with Gasteiger partial charge < -0.3 is 16.8 Å². The molecule has 0 saturated carbocycles. The number of anilines is 2. The molecule has 4 heteroatoms. The van der Waals surface area contributed by atoms with Crippen LogP contribution in [-0.4, -0.2) is 18.6 Å². The topological polar surface area (TPSA) is 77.0 Å². The van der Waals surface area contributed by atoms with Crippen LogP contribution in [0.4, 0.5) is 11.5 Å². The van der Waals surface area contributed by atoms with E-state index in [4.69, 9.17) is 11.5 Å². The Labute approximate surface area is 84.0 Å². The Kier molecular flexibility index (Phi) is 3.48. The fourth-order valence-corrected chi connectivity index (χ4v) is 1.12. The van der Waals surface area contributed by atoms with E-state index in [1.165, 1.54) is 0 Å². The molecular formula is C10H16N4. The zero-order chi connectivity index (χ0) is 10.6. The molecule has 5 N–H and O–H groups in total. The highest BCUT2D eigenvalue weighted by Crippen LogP contribution is 2.20. The molecule has 0 bridgehead atoms. The van der Waals surface area contributed by atoms with Crippen molar-refractivity contribution in [3.8, 4) is 0 Å². The highest BCUT2D eigenvalue weighted by molar-refractivity contribution is 5.69. The Bertz CT molecular complexity index is 344. The molecule has 0 saturated heterocycles. The number of likely N-dealkylation sites (N-methyl/N-ethyl adjacent to an activating group) is 1. The molecule has 1 aromatic rings. The van der Waals surface area contributed by atoms with Crippen molar-refractivity contribution in [3.05, 3.63) is 23.4 Å². The van der Waals surface area contributed by atoms with Gasteiger partial charge in [0.2, 0.25) is 0 Å². The van der Waals surface area contributed by atoms with Crippen molar-refractivity contribution in [2.45, 2.75) is 6.92 Å². The Morgan fingerprint density at radius 3 is 2.86 bits per heavy atom. The van der Waals surface area contributed by atoms with Crippen molar-refractivity contribution in [2.24, 2.45) is 0 Å². The fourth-order valence-electron chi connectivity index (χ4n) is 1.12. The maximum Gasteiger partial charge on any atom is 0.146 e. The first-order chi connectivity index (χ1) is 6.66. The van der Waals surface area contributed by atoms with Crippen molar-refractivity contribution in [1.29, 1.82) is 0 Å². The van der Waals surface area contributed by atoms with Gasteiger partial charge in [-0.2, -0.15) is 0 Å². The number of aromatic nitrogens is 1. The number of nitrogen functional groups attached to an aromatic ring is 2. The smallest absolute Gasteiger partial charge is 0.146 e. The minimum absolute atomic E-state index is 0.397. The highest BCUT2D eigenvalue weighted by Gasteiger charge is 2.02. The van der Waals surface area contributed by atoms with E-state index in [0.717, 1.165) is 17.7 Å². The van der Waals surface area contributed by atoms with Gasteiger partial charge in [-0.15, -0.1) is 0 Å². The first-order valence-electron chi connectivity index (χ1n) is 4.48. The quantitative estimate of drug-likeness (QED) is 0.661. The van der Waals surface area contributed by atoms with Crippen LogP contribution in [0.5, 0.6) is 0 Å². The third-order valence-corrected chi connectivity index (χ3v) is 2.08. The second-order valence-corrected chi connectivity index (χ2v) is 3.10. The summed E-state index contributed by atoms with van der Waals surface area (Å²) >= 11 is 0. The average molecular weight is 192 g/mol. The van der Waals surface area contributed by atoms with E-state index < -0.39 is 0 Å². The van der Waals surface area contributed by atoms with Crippen LogP contribution >= 0.6 is 0 Å². The summed E-state index contributed by atoms with van der Waals surface area (Å²) in [7, 11) is 1.90. The van der Waals surface area contributed by atoms with Crippen LogP contribution < -0.4 is 16.8 Å². The molecule has 0 spiro atoms. The summed E-state index contributed by atoms with van der Waals surface area (Å²) in [6.45, 7) is 2.76. The molecule has 1 rings (SSSR count). The monoisotopic (exact) mass is 192 g/mol. The van der Waals surface area contributed by atoms with Crippen LogP contribution in [0, 0.1) is 6.92 Å². The second-order valence-electron chi connectivity index (χ2n) is 3.10. The molecule has 0 radical (unpaired) electrons. The molecule has 0 fully saturated rings. The van der Waals surface area contributed by atoms with Gasteiger partial charge in [-0.1, -0.05) is 12.2 Å². The Hall–Kier alpha value is -1.55. The summed E-state index contributed by atoms with van der Waals surface area (Å²) in [5, 5.41) is 3.02. The van der Waals surface area contributed by atoms with Crippen LogP contribution in [0.2, 0.25) is 0 Å². The van der Waals surface area contributed by atoms with Crippen LogP contribution in [0.25, 0.3) is 6.08 Å². The van der Waals surface area contributed by atoms with E-state index in [-0.39, 0.29) is 0 Å². The standard InChI is InChI=1S/C10H16N4/c1-7-8(4-3-5-13-2)6-14-10(12)9(7)11/h3-4,6,13H,5,11H2,1-2H3,(H2,12,14). The summed E-state index contributed by atoms with van der Waals surface area (Å²) in [4.78, 5) is 4.00. The van der Waals surface area contributed by atoms with Crippen LogP contribution in [0.15, 0.2) is 12.3 Å². The highest BCUT2D eigenvalue weighted by atomic mass is 14.9. The van der Waals surface area contributed by atoms with E-state index >= 15 is 0 Å². The summed E-state index contributed by atoms with van der Waals surface area (Å²) in [5.74, 6) is 0.397. The lowest BCUT2D eigenvalue weighted by Gasteiger charge is -2.06. The van der Waals surface area contributed by atoms with Gasteiger partial charge in [-0.05, 0) is 25.1 Å². The van der Waals surface area contributed by atoms with Crippen LogP contribution in [-0.2, 0) is 0 Å². The van der Waals surface area contributed by atoms with Gasteiger partial charge in [-0.3, -0.25) is 0 Å². The van der Waals surface area contributed by atoms with E-state index in [2.05, 4.69) is 10.3 Å². The first kappa shape index (κ1) is 10.5. The molecule has 1 aromatic heterocycles. The van der Waals surface area contributed by atoms with Crippen molar-refractivity contribution in [1.82, 2.24) is 10.3 Å². The van der Waals surface area contributed by atoms with Gasteiger partial charge in [0.15, 0.2) is 0 Å². The largest absolute Gasteiger partial charge is 0.396 e. The lowest BCUT2D eigenvalue weighted by atomic mass is 10.1. The van der Waals surface area contributed by atoms with Crippen molar-refractivity contribution >= 4 is 17.6 Å². The molecule has 0 aliphatic carbocycles. The number of nitrogens with two attached hydrogens (primary N) is 2. The van der Waals surface area contributed by atoms with Gasteiger partial charge in [0.25, 0.3) is 0 Å². The lowest BCUT2D eigenvalue weighted by Crippen LogP contribution is -2.04. The van der Waals surface area contributed by atoms with Crippen LogP contribution in [0.1, 0.15) is 11.1 Å². The molecule has 0 aromatic carbocycles. The third kappa shape index (κ3) is 2.23. The molecule has 14 heavy (non-hydrogen) atoms. The molecule has 76 valence electrons. The normalized spacial score (nSPS) is 11.0. The average Bonchev–Trinajstić information content (AvgIpc) is 2.18. The van der Waals surface area contributed by atoms with Gasteiger partial charge in [0, 0.05) is 12.7 Å². The molecule has 0 unspecified atom stereocenters. The maximum atomic E-state index is 5.75. The Morgan fingerprint density at radius 1 is 1.50 bits per heavy atom. The molecule has 0 amide bonds. The lowest BCUT2D eigenvalue weighted by molar-refractivity contribution is 0.922. The number of nitrogens with zero attached hydrogens (tertiary/aromatic N) is 1. The zero-order valence-electron chi connectivity index (χ0n) is 8.54.